The van der Waals surface area contributed by atoms with Crippen LogP contribution in [0.25, 0.3) is 5.65 Å². The number of nitrogens with zero attached hydrogens (tertiary/aromatic N) is 5. The second-order valence-corrected chi connectivity index (χ2v) is 8.49. The Hall–Kier alpha value is -1.42. The van der Waals surface area contributed by atoms with Gasteiger partial charge in [-0.15, -0.1) is 34.2 Å². The highest BCUT2D eigenvalue weighted by atomic mass is 127. The first-order chi connectivity index (χ1) is 12.9. The zero-order valence-electron chi connectivity index (χ0n) is 17.6. The lowest BCUT2D eigenvalue weighted by molar-refractivity contribution is 0.0483. The highest BCUT2D eigenvalue weighted by Gasteiger charge is 2.32. The van der Waals surface area contributed by atoms with Crippen LogP contribution in [0.15, 0.2) is 29.4 Å². The minimum atomic E-state index is 0. The third kappa shape index (κ3) is 5.56. The maximum Gasteiger partial charge on any atom is 0.191 e. The number of rotatable bonds is 5. The topological polar surface area (TPSA) is 69.8 Å². The molecule has 2 aromatic heterocycles. The first kappa shape index (κ1) is 22.9. The minimum absolute atomic E-state index is 0. The van der Waals surface area contributed by atoms with E-state index in [-0.39, 0.29) is 29.5 Å². The van der Waals surface area contributed by atoms with Gasteiger partial charge in [0.2, 0.25) is 0 Å². The normalized spacial score (nSPS) is 21.4. The molecule has 0 saturated carbocycles. The summed E-state index contributed by atoms with van der Waals surface area (Å²) in [6.07, 6.45) is 3.31. The van der Waals surface area contributed by atoms with Gasteiger partial charge in [0.05, 0.1) is 6.54 Å². The van der Waals surface area contributed by atoms with Crippen LogP contribution in [0.3, 0.4) is 0 Å². The number of hydrogen-bond donors (Lipinski definition) is 2. The highest BCUT2D eigenvalue weighted by Crippen LogP contribution is 2.26. The van der Waals surface area contributed by atoms with Gasteiger partial charge in [0.15, 0.2) is 17.4 Å². The summed E-state index contributed by atoms with van der Waals surface area (Å²) in [6, 6.07) is 5.90. The van der Waals surface area contributed by atoms with Crippen LogP contribution in [-0.4, -0.2) is 57.7 Å². The van der Waals surface area contributed by atoms with Gasteiger partial charge in [-0.2, -0.15) is 0 Å². The third-order valence-electron chi connectivity index (χ3n) is 5.44. The summed E-state index contributed by atoms with van der Waals surface area (Å²) in [5.41, 5.74) is 0.925. The molecule has 156 valence electrons. The molecule has 0 radical (unpaired) electrons. The molecule has 0 bridgehead atoms. The van der Waals surface area contributed by atoms with Gasteiger partial charge >= 0.3 is 0 Å². The Kier molecular flexibility index (Phi) is 8.06. The standard InChI is InChI=1S/C20H33N7.HI/c1-15-10-16(2)13-26(12-15)20(3,4)14-23-19(21-5)22-11-18-25-24-17-8-6-7-9-27(17)18;/h6-9,15-16H,10-14H2,1-5H3,(H2,21,22,23);1H. The van der Waals surface area contributed by atoms with Gasteiger partial charge < -0.3 is 10.6 Å². The van der Waals surface area contributed by atoms with E-state index in [4.69, 9.17) is 0 Å². The fourth-order valence-corrected chi connectivity index (χ4v) is 3.96. The molecule has 0 spiro atoms. The second-order valence-electron chi connectivity index (χ2n) is 8.49. The molecule has 1 aliphatic heterocycles. The van der Waals surface area contributed by atoms with E-state index in [1.165, 1.54) is 6.42 Å². The summed E-state index contributed by atoms with van der Waals surface area (Å²) in [5, 5.41) is 15.3. The molecule has 2 unspecified atom stereocenters. The van der Waals surface area contributed by atoms with E-state index in [0.29, 0.717) is 6.54 Å². The predicted molar refractivity (Wildman–Crippen MR) is 125 cm³/mol. The number of likely N-dealkylation sites (tertiary alicyclic amines) is 1. The van der Waals surface area contributed by atoms with Crippen molar-refractivity contribution < 1.29 is 0 Å². The maximum absolute atomic E-state index is 4.36. The summed E-state index contributed by atoms with van der Waals surface area (Å²) < 4.78 is 1.99. The van der Waals surface area contributed by atoms with E-state index in [9.17, 15) is 0 Å². The first-order valence-electron chi connectivity index (χ1n) is 9.87. The Balaban J connectivity index is 0.00000280. The molecule has 0 aromatic carbocycles. The van der Waals surface area contributed by atoms with Gasteiger partial charge in [-0.25, -0.2) is 0 Å². The summed E-state index contributed by atoms with van der Waals surface area (Å²) in [7, 11) is 1.80. The number of hydrogen-bond acceptors (Lipinski definition) is 4. The molecule has 2 atom stereocenters. The van der Waals surface area contributed by atoms with Crippen LogP contribution in [0.4, 0.5) is 0 Å². The molecule has 8 heteroatoms. The molecule has 7 nitrogen and oxygen atoms in total. The second kappa shape index (κ2) is 9.87. The lowest BCUT2D eigenvalue weighted by Gasteiger charge is -2.45. The molecule has 3 heterocycles. The van der Waals surface area contributed by atoms with Crippen molar-refractivity contribution in [3.05, 3.63) is 30.2 Å². The quantitative estimate of drug-likeness (QED) is 0.376. The fourth-order valence-electron chi connectivity index (χ4n) is 3.96. The van der Waals surface area contributed by atoms with Crippen molar-refractivity contribution in [1.29, 1.82) is 0 Å². The van der Waals surface area contributed by atoms with Gasteiger partial charge in [-0.3, -0.25) is 14.3 Å². The molecule has 1 aliphatic rings. The molecular formula is C20H34IN7. The maximum atomic E-state index is 4.36. The van der Waals surface area contributed by atoms with Crippen molar-refractivity contribution in [3.63, 3.8) is 0 Å². The first-order valence-corrected chi connectivity index (χ1v) is 9.87. The molecule has 0 amide bonds. The predicted octanol–water partition coefficient (Wildman–Crippen LogP) is 2.77. The number of aliphatic imine (C=N–C) groups is 1. The Labute approximate surface area is 185 Å². The number of pyridine rings is 1. The number of piperidine rings is 1. The van der Waals surface area contributed by atoms with Crippen molar-refractivity contribution in [2.75, 3.05) is 26.7 Å². The number of guanidine groups is 1. The lowest BCUT2D eigenvalue weighted by atomic mass is 9.88. The number of halogens is 1. The van der Waals surface area contributed by atoms with E-state index < -0.39 is 0 Å². The van der Waals surface area contributed by atoms with Gasteiger partial charge in [-0.05, 0) is 44.2 Å². The van der Waals surface area contributed by atoms with Crippen molar-refractivity contribution in [2.24, 2.45) is 16.8 Å². The monoisotopic (exact) mass is 499 g/mol. The van der Waals surface area contributed by atoms with Crippen LogP contribution in [0.5, 0.6) is 0 Å². The van der Waals surface area contributed by atoms with E-state index in [1.54, 1.807) is 7.05 Å². The lowest BCUT2D eigenvalue weighted by Crippen LogP contribution is -2.57. The van der Waals surface area contributed by atoms with Gasteiger partial charge in [0.25, 0.3) is 0 Å². The Morgan fingerprint density at radius 1 is 1.18 bits per heavy atom. The van der Waals surface area contributed by atoms with Gasteiger partial charge in [-0.1, -0.05) is 19.9 Å². The Morgan fingerprint density at radius 3 is 2.57 bits per heavy atom. The smallest absolute Gasteiger partial charge is 0.191 e. The molecule has 3 rings (SSSR count). The molecule has 2 N–H and O–H groups in total. The zero-order valence-corrected chi connectivity index (χ0v) is 20.0. The molecule has 28 heavy (non-hydrogen) atoms. The van der Waals surface area contributed by atoms with Crippen LogP contribution < -0.4 is 10.6 Å². The van der Waals surface area contributed by atoms with Crippen LogP contribution in [0, 0.1) is 11.8 Å². The van der Waals surface area contributed by atoms with Crippen molar-refractivity contribution >= 4 is 35.6 Å². The van der Waals surface area contributed by atoms with E-state index in [1.807, 2.05) is 28.8 Å². The molecule has 0 aliphatic carbocycles. The van der Waals surface area contributed by atoms with Crippen LogP contribution in [0.2, 0.25) is 0 Å². The zero-order chi connectivity index (χ0) is 19.4. The SMILES string of the molecule is CN=C(NCc1nnc2ccccn12)NCC(C)(C)N1CC(C)CC(C)C1.I. The number of nitrogens with one attached hydrogen (secondary N) is 2. The summed E-state index contributed by atoms with van der Waals surface area (Å²) in [5.74, 6) is 3.17. The largest absolute Gasteiger partial charge is 0.355 e. The Bertz CT molecular complexity index is 776. The highest BCUT2D eigenvalue weighted by molar-refractivity contribution is 14.0. The molecule has 1 fully saturated rings. The van der Waals surface area contributed by atoms with Crippen LogP contribution in [-0.2, 0) is 6.54 Å². The number of aromatic nitrogens is 3. The van der Waals surface area contributed by atoms with E-state index in [0.717, 1.165) is 48.9 Å². The molecular weight excluding hydrogens is 465 g/mol. The molecule has 2 aromatic rings. The minimum Gasteiger partial charge on any atom is -0.355 e. The summed E-state index contributed by atoms with van der Waals surface area (Å²) >= 11 is 0. The van der Waals surface area contributed by atoms with Crippen molar-refractivity contribution in [1.82, 2.24) is 30.1 Å². The average molecular weight is 499 g/mol. The fraction of sp³-hybridized carbons (Fsp3) is 0.650. The van der Waals surface area contributed by atoms with E-state index in [2.05, 4.69) is 58.4 Å². The van der Waals surface area contributed by atoms with Crippen molar-refractivity contribution in [2.45, 2.75) is 46.2 Å². The molecule has 1 saturated heterocycles. The van der Waals surface area contributed by atoms with Gasteiger partial charge in [0, 0.05) is 38.4 Å². The Morgan fingerprint density at radius 2 is 1.89 bits per heavy atom. The average Bonchev–Trinajstić information content (AvgIpc) is 3.04. The van der Waals surface area contributed by atoms with Crippen molar-refractivity contribution in [3.8, 4) is 0 Å². The summed E-state index contributed by atoms with van der Waals surface area (Å²) in [6.45, 7) is 13.1. The van der Waals surface area contributed by atoms with E-state index >= 15 is 0 Å². The number of fused-ring (bicyclic) bond motifs is 1. The third-order valence-corrected chi connectivity index (χ3v) is 5.44. The van der Waals surface area contributed by atoms with Crippen LogP contribution in [0.1, 0.15) is 39.9 Å². The van der Waals surface area contributed by atoms with Gasteiger partial charge in [0.1, 0.15) is 0 Å². The summed E-state index contributed by atoms with van der Waals surface area (Å²) in [4.78, 5) is 6.97. The van der Waals surface area contributed by atoms with Crippen LogP contribution >= 0.6 is 24.0 Å².